The first-order valence-corrected chi connectivity index (χ1v) is 14.0. The van der Waals surface area contributed by atoms with Gasteiger partial charge in [-0.1, -0.05) is 43.7 Å². The molecule has 0 bridgehead atoms. The van der Waals surface area contributed by atoms with Gasteiger partial charge in [-0.15, -0.1) is 0 Å². The van der Waals surface area contributed by atoms with E-state index in [1.807, 2.05) is 24.3 Å². The Morgan fingerprint density at radius 1 is 1.08 bits per heavy atom. The minimum absolute atomic E-state index is 0.161. The summed E-state index contributed by atoms with van der Waals surface area (Å²) in [5.74, 6) is 3.44. The Labute approximate surface area is 220 Å². The van der Waals surface area contributed by atoms with Gasteiger partial charge in [0.1, 0.15) is 23.2 Å². The number of ether oxygens (including phenoxy) is 1. The molecule has 0 amide bonds. The summed E-state index contributed by atoms with van der Waals surface area (Å²) in [7, 11) is 1.66. The number of hydrogen-bond donors (Lipinski definition) is 2. The number of nitriles is 1. The summed E-state index contributed by atoms with van der Waals surface area (Å²) in [6.45, 7) is 4.98. The van der Waals surface area contributed by atoms with Gasteiger partial charge in [0, 0.05) is 22.7 Å². The zero-order chi connectivity index (χ0) is 25.9. The van der Waals surface area contributed by atoms with Crippen LogP contribution < -0.4 is 10.5 Å². The zero-order valence-corrected chi connectivity index (χ0v) is 22.3. The molecule has 6 rings (SSSR count). The van der Waals surface area contributed by atoms with Crippen molar-refractivity contribution < 1.29 is 9.84 Å². The van der Waals surface area contributed by atoms with Crippen LogP contribution >= 0.6 is 0 Å². The summed E-state index contributed by atoms with van der Waals surface area (Å²) in [6, 6.07) is 12.3. The molecule has 3 saturated carbocycles. The van der Waals surface area contributed by atoms with Crippen LogP contribution in [0.3, 0.4) is 0 Å². The summed E-state index contributed by atoms with van der Waals surface area (Å²) >= 11 is 0. The molecule has 0 saturated heterocycles. The average molecular weight is 498 g/mol. The molecule has 1 aromatic carbocycles. The third kappa shape index (κ3) is 3.63. The number of aliphatic hydroxyl groups is 1. The largest absolute Gasteiger partial charge is 0.496 e. The fraction of sp³-hybridized carbons (Fsp3) is 0.562. The minimum atomic E-state index is -0.161. The molecule has 1 aromatic heterocycles. The van der Waals surface area contributed by atoms with Crippen LogP contribution in [0.2, 0.25) is 0 Å². The van der Waals surface area contributed by atoms with E-state index in [0.717, 1.165) is 54.7 Å². The van der Waals surface area contributed by atoms with Gasteiger partial charge in [0.05, 0.1) is 13.2 Å². The Kier molecular flexibility index (Phi) is 5.88. The van der Waals surface area contributed by atoms with Crippen LogP contribution in [0.25, 0.3) is 11.1 Å². The number of aromatic nitrogens is 1. The third-order valence-electron chi connectivity index (χ3n) is 11.0. The lowest BCUT2D eigenvalue weighted by Crippen LogP contribution is -2.50. The van der Waals surface area contributed by atoms with Gasteiger partial charge in [0.15, 0.2) is 0 Å². The molecular weight excluding hydrogens is 458 g/mol. The van der Waals surface area contributed by atoms with E-state index >= 15 is 0 Å². The van der Waals surface area contributed by atoms with Gasteiger partial charge in [-0.2, -0.15) is 5.26 Å². The fourth-order valence-corrected chi connectivity index (χ4v) is 9.09. The molecule has 0 radical (unpaired) electrons. The van der Waals surface area contributed by atoms with Crippen molar-refractivity contribution in [3.63, 3.8) is 0 Å². The molecule has 5 heteroatoms. The van der Waals surface area contributed by atoms with Gasteiger partial charge in [0.2, 0.25) is 0 Å². The monoisotopic (exact) mass is 497 g/mol. The summed E-state index contributed by atoms with van der Waals surface area (Å²) < 4.78 is 5.64. The molecule has 194 valence electrons. The van der Waals surface area contributed by atoms with E-state index in [4.69, 9.17) is 15.5 Å². The van der Waals surface area contributed by atoms with Crippen LogP contribution in [0.5, 0.6) is 5.75 Å². The lowest BCUT2D eigenvalue weighted by atomic mass is 9.47. The van der Waals surface area contributed by atoms with E-state index in [1.54, 1.807) is 7.11 Å². The molecule has 4 aliphatic carbocycles. The molecule has 7 atom stereocenters. The first-order valence-electron chi connectivity index (χ1n) is 14.0. The zero-order valence-electron chi connectivity index (χ0n) is 22.3. The Morgan fingerprint density at radius 2 is 1.89 bits per heavy atom. The predicted molar refractivity (Wildman–Crippen MR) is 146 cm³/mol. The first kappa shape index (κ1) is 24.5. The number of methoxy groups -OCH3 is 1. The Bertz CT molecular complexity index is 1300. The van der Waals surface area contributed by atoms with Gasteiger partial charge in [0.25, 0.3) is 0 Å². The van der Waals surface area contributed by atoms with Crippen molar-refractivity contribution in [2.24, 2.45) is 28.6 Å². The van der Waals surface area contributed by atoms with Crippen molar-refractivity contribution in [3.8, 4) is 22.9 Å². The number of benzene rings is 1. The number of rotatable bonds is 3. The van der Waals surface area contributed by atoms with Gasteiger partial charge in [-0.05, 0) is 92.1 Å². The lowest BCUT2D eigenvalue weighted by molar-refractivity contribution is -0.0412. The van der Waals surface area contributed by atoms with E-state index in [9.17, 15) is 10.4 Å². The van der Waals surface area contributed by atoms with Crippen LogP contribution in [0.1, 0.15) is 82.4 Å². The standard InChI is InChI=1S/C32H39N3O2/c1-31-14-12-20(36)16-19(31)8-9-22-25-10-11-27(32(25,2)15-13-26(22)31)28-17-23(24(18-33)30(34)35-28)21-6-4-5-7-29(21)37-3/h4-8,17,20,22,25-27,36H,9-16H2,1-3H3,(H2,34,35)/t20-,22-,25-,26-,27+,31-,32-/m0/s1. The van der Waals surface area contributed by atoms with Gasteiger partial charge < -0.3 is 15.6 Å². The fourth-order valence-electron chi connectivity index (χ4n) is 9.09. The van der Waals surface area contributed by atoms with Crippen LogP contribution in [-0.2, 0) is 0 Å². The third-order valence-corrected chi connectivity index (χ3v) is 11.0. The van der Waals surface area contributed by atoms with Crippen molar-refractivity contribution in [2.75, 3.05) is 12.8 Å². The van der Waals surface area contributed by atoms with Crippen molar-refractivity contribution >= 4 is 5.82 Å². The molecule has 4 aliphatic rings. The number of pyridine rings is 1. The molecule has 0 aliphatic heterocycles. The highest BCUT2D eigenvalue weighted by atomic mass is 16.5. The van der Waals surface area contributed by atoms with Crippen LogP contribution in [0.15, 0.2) is 42.0 Å². The molecule has 37 heavy (non-hydrogen) atoms. The smallest absolute Gasteiger partial charge is 0.142 e. The molecule has 2 aromatic rings. The Balaban J connectivity index is 1.37. The number of nitrogens with zero attached hydrogens (tertiary/aromatic N) is 2. The van der Waals surface area contributed by atoms with Crippen molar-refractivity contribution in [1.82, 2.24) is 4.98 Å². The number of fused-ring (bicyclic) bond motifs is 5. The summed E-state index contributed by atoms with van der Waals surface area (Å²) in [6.07, 6.45) is 11.2. The van der Waals surface area contributed by atoms with Crippen LogP contribution in [0.4, 0.5) is 5.82 Å². The molecule has 3 N–H and O–H groups in total. The maximum atomic E-state index is 10.3. The molecule has 1 heterocycles. The highest BCUT2D eigenvalue weighted by Gasteiger charge is 2.59. The van der Waals surface area contributed by atoms with Crippen molar-refractivity contribution in [2.45, 2.75) is 77.2 Å². The molecule has 0 unspecified atom stereocenters. The SMILES string of the molecule is COc1ccccc1-c1cc([C@H]2CC[C@H]3[C@@H]4CC=C5C[C@@H](O)CC[C@]5(C)[C@H]4CC[C@]23C)nc(N)c1C#N. The van der Waals surface area contributed by atoms with Gasteiger partial charge in [-0.25, -0.2) is 4.98 Å². The maximum absolute atomic E-state index is 10.3. The molecule has 5 nitrogen and oxygen atoms in total. The van der Waals surface area contributed by atoms with Crippen LogP contribution in [0, 0.1) is 39.9 Å². The van der Waals surface area contributed by atoms with E-state index in [-0.39, 0.29) is 16.9 Å². The molecular formula is C32H39N3O2. The van der Waals surface area contributed by atoms with E-state index in [2.05, 4.69) is 32.1 Å². The van der Waals surface area contributed by atoms with Crippen molar-refractivity contribution in [1.29, 1.82) is 5.26 Å². The number of anilines is 1. The topological polar surface area (TPSA) is 92.2 Å². The summed E-state index contributed by atoms with van der Waals surface area (Å²) in [5.41, 5.74) is 11.5. The average Bonchev–Trinajstić information content (AvgIpc) is 3.26. The quantitative estimate of drug-likeness (QED) is 0.465. The summed E-state index contributed by atoms with van der Waals surface area (Å²) in [4.78, 5) is 4.87. The highest BCUT2D eigenvalue weighted by Crippen LogP contribution is 2.68. The molecule has 0 spiro atoms. The Morgan fingerprint density at radius 3 is 2.68 bits per heavy atom. The lowest BCUT2D eigenvalue weighted by Gasteiger charge is -2.58. The number of allylic oxidation sites excluding steroid dienone is 1. The van der Waals surface area contributed by atoms with Crippen molar-refractivity contribution in [3.05, 3.63) is 53.2 Å². The number of aliphatic hydroxyl groups excluding tert-OH is 1. The number of hydrogen-bond acceptors (Lipinski definition) is 5. The molecule has 3 fully saturated rings. The second-order valence-electron chi connectivity index (χ2n) is 12.5. The normalized spacial score (nSPS) is 36.5. The number of para-hydroxylation sites is 1. The summed E-state index contributed by atoms with van der Waals surface area (Å²) in [5, 5.41) is 20.3. The van der Waals surface area contributed by atoms with Crippen LogP contribution in [-0.4, -0.2) is 23.3 Å². The van der Waals surface area contributed by atoms with Gasteiger partial charge >= 0.3 is 0 Å². The van der Waals surface area contributed by atoms with Gasteiger partial charge in [-0.3, -0.25) is 0 Å². The second-order valence-corrected chi connectivity index (χ2v) is 12.5. The highest BCUT2D eigenvalue weighted by molar-refractivity contribution is 5.79. The first-order chi connectivity index (χ1) is 17.8. The number of nitrogen functional groups attached to an aromatic ring is 1. The predicted octanol–water partition coefficient (Wildman–Crippen LogP) is 6.62. The Hall–Kier alpha value is -2.84. The minimum Gasteiger partial charge on any atom is -0.496 e. The number of nitrogens with two attached hydrogens (primary N) is 1. The van der Waals surface area contributed by atoms with E-state index < -0.39 is 0 Å². The maximum Gasteiger partial charge on any atom is 0.142 e. The van der Waals surface area contributed by atoms with E-state index in [0.29, 0.717) is 35.1 Å². The second kappa shape index (κ2) is 8.88. The van der Waals surface area contributed by atoms with E-state index in [1.165, 1.54) is 24.8 Å².